The molecular formula is C13H25NO3. The summed E-state index contributed by atoms with van der Waals surface area (Å²) in [6.45, 7) is 10.1. The van der Waals surface area contributed by atoms with Crippen molar-refractivity contribution in [2.45, 2.75) is 65.5 Å². The Labute approximate surface area is 104 Å². The van der Waals surface area contributed by atoms with Crippen LogP contribution in [0.25, 0.3) is 0 Å². The maximum atomic E-state index is 11.7. The lowest BCUT2D eigenvalue weighted by Crippen LogP contribution is -2.46. The molecule has 1 amide bonds. The summed E-state index contributed by atoms with van der Waals surface area (Å²) in [6, 6.07) is -0.298. The number of likely N-dealkylation sites (tertiary alicyclic amines) is 1. The first-order valence-corrected chi connectivity index (χ1v) is 6.39. The Morgan fingerprint density at radius 1 is 1.29 bits per heavy atom. The topological polar surface area (TPSA) is 46.6 Å². The van der Waals surface area contributed by atoms with Crippen molar-refractivity contribution in [3.05, 3.63) is 0 Å². The number of aldehydes is 1. The Bertz CT molecular complexity index is 246. The van der Waals surface area contributed by atoms with E-state index >= 15 is 0 Å². The molecule has 1 unspecified atom stereocenters. The van der Waals surface area contributed by atoms with Gasteiger partial charge in [0, 0.05) is 6.54 Å². The molecule has 1 aliphatic rings. The average Bonchev–Trinajstić information content (AvgIpc) is 2.29. The number of carbonyl (C=O) groups excluding carboxylic acids is 2. The maximum absolute atomic E-state index is 11.7. The number of piperidine rings is 1. The smallest absolute Gasteiger partial charge is 0.410 e. The highest BCUT2D eigenvalue weighted by Crippen LogP contribution is 2.18. The van der Waals surface area contributed by atoms with Gasteiger partial charge in [-0.05, 0) is 40.0 Å². The molecule has 1 aliphatic heterocycles. The van der Waals surface area contributed by atoms with E-state index < -0.39 is 5.60 Å². The lowest BCUT2D eigenvalue weighted by atomic mass is 10.0. The van der Waals surface area contributed by atoms with E-state index in [1.54, 1.807) is 0 Å². The molecule has 0 radical (unpaired) electrons. The van der Waals surface area contributed by atoms with E-state index in [0.29, 0.717) is 6.54 Å². The summed E-state index contributed by atoms with van der Waals surface area (Å²) in [5.74, 6) is 0. The zero-order chi connectivity index (χ0) is 13.5. The van der Waals surface area contributed by atoms with Crippen LogP contribution in [0.2, 0.25) is 0 Å². The molecule has 1 fully saturated rings. The predicted molar refractivity (Wildman–Crippen MR) is 68.0 cm³/mol. The minimum absolute atomic E-state index is 0.298. The molecule has 17 heavy (non-hydrogen) atoms. The number of carbonyl (C=O) groups is 2. The van der Waals surface area contributed by atoms with Crippen molar-refractivity contribution in [3.63, 3.8) is 0 Å². The molecule has 1 rings (SSSR count). The fourth-order valence-corrected chi connectivity index (χ4v) is 1.65. The van der Waals surface area contributed by atoms with Crippen LogP contribution in [0.3, 0.4) is 0 Å². The average molecular weight is 243 g/mol. The van der Waals surface area contributed by atoms with Gasteiger partial charge in [-0.1, -0.05) is 13.8 Å². The van der Waals surface area contributed by atoms with Crippen molar-refractivity contribution in [2.75, 3.05) is 6.54 Å². The van der Waals surface area contributed by atoms with Crippen LogP contribution in [0.5, 0.6) is 0 Å². The highest BCUT2D eigenvalue weighted by molar-refractivity contribution is 5.74. The Kier molecular flexibility index (Phi) is 6.85. The molecule has 1 saturated heterocycles. The van der Waals surface area contributed by atoms with Gasteiger partial charge in [-0.3, -0.25) is 4.90 Å². The number of nitrogens with zero attached hydrogens (tertiary/aromatic N) is 1. The zero-order valence-corrected chi connectivity index (χ0v) is 11.7. The van der Waals surface area contributed by atoms with Gasteiger partial charge >= 0.3 is 6.09 Å². The first kappa shape index (κ1) is 15.9. The predicted octanol–water partition coefficient (Wildman–Crippen LogP) is 3.00. The molecular weight excluding hydrogens is 218 g/mol. The Morgan fingerprint density at radius 2 is 1.88 bits per heavy atom. The number of rotatable bonds is 1. The van der Waals surface area contributed by atoms with E-state index in [0.717, 1.165) is 25.5 Å². The van der Waals surface area contributed by atoms with Crippen LogP contribution in [0, 0.1) is 0 Å². The van der Waals surface area contributed by atoms with Crippen LogP contribution in [0.4, 0.5) is 4.79 Å². The molecule has 0 bridgehead atoms. The number of amides is 1. The maximum Gasteiger partial charge on any atom is 0.410 e. The van der Waals surface area contributed by atoms with Crippen molar-refractivity contribution >= 4 is 12.4 Å². The first-order valence-electron chi connectivity index (χ1n) is 6.39. The quantitative estimate of drug-likeness (QED) is 0.665. The van der Waals surface area contributed by atoms with Crippen molar-refractivity contribution in [1.29, 1.82) is 0 Å². The molecule has 1 heterocycles. The van der Waals surface area contributed by atoms with Gasteiger partial charge in [0.05, 0.1) is 6.04 Å². The molecule has 100 valence electrons. The van der Waals surface area contributed by atoms with E-state index in [4.69, 9.17) is 4.74 Å². The van der Waals surface area contributed by atoms with Crippen LogP contribution in [-0.4, -0.2) is 35.5 Å². The second kappa shape index (κ2) is 7.30. The monoisotopic (exact) mass is 243 g/mol. The zero-order valence-electron chi connectivity index (χ0n) is 11.7. The molecule has 0 N–H and O–H groups in total. The van der Waals surface area contributed by atoms with Gasteiger partial charge < -0.3 is 9.53 Å². The number of ether oxygens (including phenoxy) is 1. The molecule has 0 aromatic heterocycles. The lowest BCUT2D eigenvalue weighted by molar-refractivity contribution is -0.113. The highest BCUT2D eigenvalue weighted by atomic mass is 16.6. The van der Waals surface area contributed by atoms with E-state index in [-0.39, 0.29) is 12.1 Å². The van der Waals surface area contributed by atoms with Gasteiger partial charge in [0.2, 0.25) is 0 Å². The second-order valence-electron chi connectivity index (χ2n) is 4.87. The van der Waals surface area contributed by atoms with Crippen molar-refractivity contribution in [3.8, 4) is 0 Å². The molecule has 0 aromatic carbocycles. The third-order valence-corrected chi connectivity index (χ3v) is 2.33. The van der Waals surface area contributed by atoms with Gasteiger partial charge in [0.15, 0.2) is 0 Å². The van der Waals surface area contributed by atoms with Gasteiger partial charge in [0.1, 0.15) is 11.9 Å². The lowest BCUT2D eigenvalue weighted by Gasteiger charge is -2.33. The third kappa shape index (κ3) is 5.71. The number of hydrogen-bond acceptors (Lipinski definition) is 3. The van der Waals surface area contributed by atoms with E-state index in [2.05, 4.69) is 0 Å². The van der Waals surface area contributed by atoms with E-state index in [9.17, 15) is 9.59 Å². The standard InChI is InChI=1S/C11H19NO3.C2H6/c1-11(2,3)15-10(14)12-7-5-4-6-9(12)8-13;1-2/h8-9H,4-7H2,1-3H3;1-2H3. The normalized spacial score (nSPS) is 20.1. The van der Waals surface area contributed by atoms with E-state index in [1.165, 1.54) is 4.90 Å². The van der Waals surface area contributed by atoms with Gasteiger partial charge in [0.25, 0.3) is 0 Å². The molecule has 0 aliphatic carbocycles. The number of hydrogen-bond donors (Lipinski definition) is 0. The van der Waals surface area contributed by atoms with Crippen LogP contribution >= 0.6 is 0 Å². The summed E-state index contributed by atoms with van der Waals surface area (Å²) in [6.07, 6.45) is 3.16. The van der Waals surface area contributed by atoms with Crippen LogP contribution in [0.15, 0.2) is 0 Å². The summed E-state index contributed by atoms with van der Waals surface area (Å²) >= 11 is 0. The second-order valence-corrected chi connectivity index (χ2v) is 4.87. The Balaban J connectivity index is 0.00000121. The van der Waals surface area contributed by atoms with Gasteiger partial charge in [-0.2, -0.15) is 0 Å². The van der Waals surface area contributed by atoms with Crippen molar-refractivity contribution in [2.24, 2.45) is 0 Å². The molecule has 0 spiro atoms. The van der Waals surface area contributed by atoms with E-state index in [1.807, 2.05) is 34.6 Å². The third-order valence-electron chi connectivity index (χ3n) is 2.33. The first-order chi connectivity index (χ1) is 7.94. The summed E-state index contributed by atoms with van der Waals surface area (Å²) in [5.41, 5.74) is -0.498. The molecule has 0 saturated carbocycles. The van der Waals surface area contributed by atoms with Crippen molar-refractivity contribution < 1.29 is 14.3 Å². The summed E-state index contributed by atoms with van der Waals surface area (Å²) in [7, 11) is 0. The summed E-state index contributed by atoms with van der Waals surface area (Å²) in [5, 5.41) is 0. The van der Waals surface area contributed by atoms with Crippen LogP contribution in [0.1, 0.15) is 53.9 Å². The Morgan fingerprint density at radius 3 is 2.35 bits per heavy atom. The molecule has 1 atom stereocenters. The van der Waals surface area contributed by atoms with Gasteiger partial charge in [-0.15, -0.1) is 0 Å². The van der Waals surface area contributed by atoms with Gasteiger partial charge in [-0.25, -0.2) is 4.79 Å². The summed E-state index contributed by atoms with van der Waals surface area (Å²) in [4.78, 5) is 24.0. The molecule has 0 aromatic rings. The minimum Gasteiger partial charge on any atom is -0.444 e. The highest BCUT2D eigenvalue weighted by Gasteiger charge is 2.29. The minimum atomic E-state index is -0.498. The largest absolute Gasteiger partial charge is 0.444 e. The molecule has 4 heteroatoms. The van der Waals surface area contributed by atoms with Crippen molar-refractivity contribution in [1.82, 2.24) is 4.90 Å². The fraction of sp³-hybridized carbons (Fsp3) is 0.846. The Hall–Kier alpha value is -1.06. The fourth-order valence-electron chi connectivity index (χ4n) is 1.65. The summed E-state index contributed by atoms with van der Waals surface area (Å²) < 4.78 is 5.24. The van der Waals surface area contributed by atoms with Crippen LogP contribution in [-0.2, 0) is 9.53 Å². The SMILES string of the molecule is CC.CC(C)(C)OC(=O)N1CCCCC1C=O. The van der Waals surface area contributed by atoms with Crippen LogP contribution < -0.4 is 0 Å². The molecule has 4 nitrogen and oxygen atoms in total.